The van der Waals surface area contributed by atoms with E-state index < -0.39 is 24.2 Å². The summed E-state index contributed by atoms with van der Waals surface area (Å²) >= 11 is 5.29. The van der Waals surface area contributed by atoms with Crippen molar-refractivity contribution in [2.24, 2.45) is 0 Å². The number of ether oxygens (including phenoxy) is 1. The van der Waals surface area contributed by atoms with Gasteiger partial charge in [0.2, 0.25) is 0 Å². The van der Waals surface area contributed by atoms with E-state index in [9.17, 15) is 9.59 Å². The molecular formula is C13H17N2O6PS. The molecule has 0 aliphatic carbocycles. The van der Waals surface area contributed by atoms with E-state index in [2.05, 4.69) is 11.6 Å². The lowest BCUT2D eigenvalue weighted by Crippen LogP contribution is -2.34. The first-order valence-corrected chi connectivity index (χ1v) is 9.63. The summed E-state index contributed by atoms with van der Waals surface area (Å²) in [6, 6.07) is 0. The van der Waals surface area contributed by atoms with Crippen LogP contribution in [0.2, 0.25) is 0 Å². The number of fused-ring (bicyclic) bond motifs is 1. The van der Waals surface area contributed by atoms with E-state index in [4.69, 9.17) is 30.1 Å². The lowest BCUT2D eigenvalue weighted by molar-refractivity contribution is -0.0624. The van der Waals surface area contributed by atoms with Gasteiger partial charge < -0.3 is 18.3 Å². The van der Waals surface area contributed by atoms with Crippen LogP contribution in [0.5, 0.6) is 0 Å². The van der Waals surface area contributed by atoms with Crippen molar-refractivity contribution >= 4 is 18.5 Å². The number of hydrogen-bond acceptors (Lipinski definition) is 7. The van der Waals surface area contributed by atoms with Gasteiger partial charge in [0.05, 0.1) is 19.3 Å². The van der Waals surface area contributed by atoms with Crippen molar-refractivity contribution in [3.63, 3.8) is 0 Å². The summed E-state index contributed by atoms with van der Waals surface area (Å²) in [6.07, 6.45) is 2.29. The van der Waals surface area contributed by atoms with Crippen LogP contribution in [-0.2, 0) is 30.1 Å². The molecule has 1 N–H and O–H groups in total. The summed E-state index contributed by atoms with van der Waals surface area (Å²) < 4.78 is 23.9. The molecule has 3 heterocycles. The molecule has 0 bridgehead atoms. The lowest BCUT2D eigenvalue weighted by atomic mass is 10.2. The second-order valence-electron chi connectivity index (χ2n) is 5.31. The van der Waals surface area contributed by atoms with Crippen molar-refractivity contribution in [1.29, 1.82) is 0 Å². The first-order chi connectivity index (χ1) is 10.9. The molecule has 1 aromatic heterocycles. The number of aryl methyl sites for hydroxylation is 1. The highest BCUT2D eigenvalue weighted by Crippen LogP contribution is 2.56. The molecule has 2 aliphatic rings. The Morgan fingerprint density at radius 3 is 3.09 bits per heavy atom. The van der Waals surface area contributed by atoms with Gasteiger partial charge in [0.25, 0.3) is 5.56 Å². The van der Waals surface area contributed by atoms with Crippen LogP contribution in [0.1, 0.15) is 18.2 Å². The highest BCUT2D eigenvalue weighted by atomic mass is 32.5. The average Bonchev–Trinajstić information content (AvgIpc) is 2.91. The van der Waals surface area contributed by atoms with Gasteiger partial charge in [0.1, 0.15) is 12.3 Å². The fourth-order valence-corrected chi connectivity index (χ4v) is 4.57. The van der Waals surface area contributed by atoms with Crippen molar-refractivity contribution in [2.75, 3.05) is 13.2 Å². The Morgan fingerprint density at radius 2 is 2.35 bits per heavy atom. The number of hydrogen-bond donors (Lipinski definition) is 1. The van der Waals surface area contributed by atoms with Gasteiger partial charge in [0.15, 0.2) is 0 Å². The topological polar surface area (TPSA) is 91.8 Å². The summed E-state index contributed by atoms with van der Waals surface area (Å²) in [7, 11) is 0. The molecule has 0 aromatic carbocycles. The maximum Gasteiger partial charge on any atom is 0.330 e. The maximum absolute atomic E-state index is 12.0. The summed E-state index contributed by atoms with van der Waals surface area (Å²) in [6.45, 7) is 2.87. The molecule has 0 amide bonds. The summed E-state index contributed by atoms with van der Waals surface area (Å²) in [5.41, 5.74) is -0.498. The molecule has 0 unspecified atom stereocenters. The van der Waals surface area contributed by atoms with Crippen LogP contribution in [0.25, 0.3) is 0 Å². The normalized spacial score (nSPS) is 33.3. The molecule has 0 saturated carbocycles. The largest absolute Gasteiger partial charge is 0.349 e. The third-order valence-corrected chi connectivity index (χ3v) is 6.00. The number of aromatic nitrogens is 2. The zero-order chi connectivity index (χ0) is 16.6. The van der Waals surface area contributed by atoms with E-state index in [1.165, 1.54) is 10.8 Å². The predicted molar refractivity (Wildman–Crippen MR) is 85.8 cm³/mol. The minimum atomic E-state index is -2.81. The van der Waals surface area contributed by atoms with E-state index in [1.54, 1.807) is 13.0 Å². The molecule has 2 saturated heterocycles. The van der Waals surface area contributed by atoms with Crippen LogP contribution in [0.15, 0.2) is 28.4 Å². The Labute approximate surface area is 137 Å². The highest BCUT2D eigenvalue weighted by Gasteiger charge is 2.45. The standard InChI is InChI=1S/C13H17N2O6PS/c1-3-4-18-22(23)19-7-10-9(21-22)5-11(20-10)15-6-8(2)12(16)14-13(15)17/h3,6,9-11H,1,4-5,7H2,2H3,(H,14,16,17)/t9-,10+,11+,22+/m0/s1. The number of nitrogens with one attached hydrogen (secondary N) is 1. The number of nitrogens with zero attached hydrogens (tertiary/aromatic N) is 1. The van der Waals surface area contributed by atoms with Gasteiger partial charge in [0, 0.05) is 18.2 Å². The molecular weight excluding hydrogens is 343 g/mol. The van der Waals surface area contributed by atoms with Gasteiger partial charge in [-0.2, -0.15) is 0 Å². The van der Waals surface area contributed by atoms with Gasteiger partial charge in [-0.1, -0.05) is 6.08 Å². The third-order valence-electron chi connectivity index (χ3n) is 3.65. The molecule has 2 aliphatic heterocycles. The summed E-state index contributed by atoms with van der Waals surface area (Å²) in [5.74, 6) is 0. The zero-order valence-electron chi connectivity index (χ0n) is 12.5. The smallest absolute Gasteiger partial charge is 0.330 e. The number of aromatic amines is 1. The minimum absolute atomic E-state index is 0.243. The summed E-state index contributed by atoms with van der Waals surface area (Å²) in [4.78, 5) is 25.7. The molecule has 4 atom stereocenters. The Balaban J connectivity index is 1.77. The van der Waals surface area contributed by atoms with Crippen LogP contribution >= 0.6 is 6.72 Å². The fourth-order valence-electron chi connectivity index (χ4n) is 2.50. The van der Waals surface area contributed by atoms with E-state index in [0.29, 0.717) is 12.0 Å². The quantitative estimate of drug-likeness (QED) is 0.632. The van der Waals surface area contributed by atoms with Crippen molar-refractivity contribution in [3.8, 4) is 0 Å². The van der Waals surface area contributed by atoms with Gasteiger partial charge in [-0.05, 0) is 18.7 Å². The van der Waals surface area contributed by atoms with Crippen LogP contribution in [0.3, 0.4) is 0 Å². The third kappa shape index (κ3) is 3.40. The second-order valence-corrected chi connectivity index (χ2v) is 8.28. The SMILES string of the molecule is C=CCO[P@@]1(=S)OC[C@H]2O[C@@H](n3cc(C)c(=O)[nH]c3=O)C[C@@H]2O1. The average molecular weight is 360 g/mol. The lowest BCUT2D eigenvalue weighted by Gasteiger charge is -2.32. The first kappa shape index (κ1) is 16.8. The minimum Gasteiger partial charge on any atom is -0.349 e. The number of H-pyrrole nitrogens is 1. The van der Waals surface area contributed by atoms with E-state index >= 15 is 0 Å². The highest BCUT2D eigenvalue weighted by molar-refractivity contribution is 8.07. The molecule has 2 fully saturated rings. The van der Waals surface area contributed by atoms with Crippen molar-refractivity contribution in [1.82, 2.24) is 9.55 Å². The van der Waals surface area contributed by atoms with Gasteiger partial charge in [-0.25, -0.2) is 4.79 Å². The van der Waals surface area contributed by atoms with Crippen LogP contribution in [0.4, 0.5) is 0 Å². The van der Waals surface area contributed by atoms with Crippen molar-refractivity contribution < 1.29 is 18.3 Å². The second kappa shape index (κ2) is 6.43. The molecule has 126 valence electrons. The van der Waals surface area contributed by atoms with Gasteiger partial charge in [-0.3, -0.25) is 14.3 Å². The Kier molecular flexibility index (Phi) is 4.68. The van der Waals surface area contributed by atoms with Crippen LogP contribution in [0, 0.1) is 6.92 Å². The monoisotopic (exact) mass is 360 g/mol. The van der Waals surface area contributed by atoms with E-state index in [-0.39, 0.29) is 25.4 Å². The zero-order valence-corrected chi connectivity index (χ0v) is 14.2. The van der Waals surface area contributed by atoms with Gasteiger partial charge >= 0.3 is 12.4 Å². The Bertz CT molecular complexity index is 774. The van der Waals surface area contributed by atoms with Gasteiger partial charge in [-0.15, -0.1) is 6.58 Å². The molecule has 0 spiro atoms. The molecule has 23 heavy (non-hydrogen) atoms. The van der Waals surface area contributed by atoms with E-state index in [1.807, 2.05) is 0 Å². The fraction of sp³-hybridized carbons (Fsp3) is 0.538. The number of rotatable bonds is 4. The molecule has 0 radical (unpaired) electrons. The van der Waals surface area contributed by atoms with Crippen LogP contribution < -0.4 is 11.2 Å². The Morgan fingerprint density at radius 1 is 1.57 bits per heavy atom. The van der Waals surface area contributed by atoms with E-state index in [0.717, 1.165) is 0 Å². The molecule has 3 rings (SSSR count). The Hall–Kier alpha value is -1.09. The van der Waals surface area contributed by atoms with Crippen molar-refractivity contribution in [3.05, 3.63) is 45.3 Å². The molecule has 8 nitrogen and oxygen atoms in total. The maximum atomic E-state index is 12.0. The van der Waals surface area contributed by atoms with Crippen molar-refractivity contribution in [2.45, 2.75) is 31.8 Å². The van der Waals surface area contributed by atoms with Crippen LogP contribution in [-0.4, -0.2) is 35.0 Å². The first-order valence-electron chi connectivity index (χ1n) is 7.08. The predicted octanol–water partition coefficient (Wildman–Crippen LogP) is 0.975. The molecule has 1 aromatic rings. The summed E-state index contributed by atoms with van der Waals surface area (Å²) in [5, 5.41) is 0. The molecule has 10 heteroatoms.